The Hall–Kier alpha value is -0.900. The van der Waals surface area contributed by atoms with E-state index in [0.717, 1.165) is 38.1 Å². The molecule has 0 aromatic carbocycles. The van der Waals surface area contributed by atoms with Crippen LogP contribution in [0.4, 0.5) is 0 Å². The van der Waals surface area contributed by atoms with Gasteiger partial charge in [-0.05, 0) is 31.1 Å². The van der Waals surface area contributed by atoms with Gasteiger partial charge in [0.1, 0.15) is 12.2 Å². The molecule has 0 amide bonds. The van der Waals surface area contributed by atoms with Gasteiger partial charge in [-0.2, -0.15) is 5.10 Å². The lowest BCUT2D eigenvalue weighted by atomic mass is 9.76. The first kappa shape index (κ1) is 13.5. The van der Waals surface area contributed by atoms with Crippen LogP contribution in [0.2, 0.25) is 0 Å². The summed E-state index contributed by atoms with van der Waals surface area (Å²) in [6.07, 6.45) is 8.92. The molecule has 1 aromatic rings. The molecule has 1 fully saturated rings. The zero-order valence-electron chi connectivity index (χ0n) is 11.6. The van der Waals surface area contributed by atoms with Gasteiger partial charge < -0.3 is 5.11 Å². The lowest BCUT2D eigenvalue weighted by Gasteiger charge is -2.33. The minimum atomic E-state index is -0.273. The van der Waals surface area contributed by atoms with Gasteiger partial charge in [-0.1, -0.05) is 26.7 Å². The molecule has 1 aromatic heterocycles. The molecule has 0 saturated heterocycles. The summed E-state index contributed by atoms with van der Waals surface area (Å²) in [5, 5.41) is 14.8. The maximum Gasteiger partial charge on any atom is 0.138 e. The predicted molar refractivity (Wildman–Crippen MR) is 71.2 cm³/mol. The molecule has 102 valence electrons. The van der Waals surface area contributed by atoms with Gasteiger partial charge in [0.2, 0.25) is 0 Å². The highest BCUT2D eigenvalue weighted by Gasteiger charge is 2.39. The van der Waals surface area contributed by atoms with Crippen molar-refractivity contribution in [3.63, 3.8) is 0 Å². The van der Waals surface area contributed by atoms with E-state index in [0.29, 0.717) is 6.42 Å². The van der Waals surface area contributed by atoms with Crippen molar-refractivity contribution in [3.05, 3.63) is 12.2 Å². The fourth-order valence-corrected chi connectivity index (χ4v) is 3.24. The Morgan fingerprint density at radius 3 is 2.72 bits per heavy atom. The highest BCUT2D eigenvalue weighted by molar-refractivity contribution is 4.96. The maximum atomic E-state index is 10.6. The molecule has 18 heavy (non-hydrogen) atoms. The molecule has 1 aliphatic rings. The van der Waals surface area contributed by atoms with Gasteiger partial charge in [0.05, 0.1) is 6.10 Å². The van der Waals surface area contributed by atoms with Gasteiger partial charge in [0.25, 0.3) is 0 Å². The molecule has 1 N–H and O–H groups in total. The first-order chi connectivity index (χ1) is 8.72. The van der Waals surface area contributed by atoms with Gasteiger partial charge >= 0.3 is 0 Å². The number of aliphatic hydroxyl groups excluding tert-OH is 1. The summed E-state index contributed by atoms with van der Waals surface area (Å²) in [4.78, 5) is 4.30. The molecule has 4 heteroatoms. The van der Waals surface area contributed by atoms with E-state index in [1.165, 1.54) is 12.8 Å². The van der Waals surface area contributed by atoms with Crippen LogP contribution >= 0.6 is 0 Å². The van der Waals surface area contributed by atoms with Crippen LogP contribution < -0.4 is 0 Å². The van der Waals surface area contributed by atoms with Crippen LogP contribution in [-0.4, -0.2) is 26.0 Å². The van der Waals surface area contributed by atoms with Crippen molar-refractivity contribution in [1.29, 1.82) is 0 Å². The summed E-state index contributed by atoms with van der Waals surface area (Å²) in [5.74, 6) is 0.934. The number of hydrogen-bond donors (Lipinski definition) is 1. The van der Waals surface area contributed by atoms with Crippen LogP contribution in [0.3, 0.4) is 0 Å². The van der Waals surface area contributed by atoms with E-state index < -0.39 is 0 Å². The van der Waals surface area contributed by atoms with Crippen molar-refractivity contribution < 1.29 is 5.11 Å². The minimum Gasteiger partial charge on any atom is -0.392 e. The number of hydrogen-bond acceptors (Lipinski definition) is 3. The van der Waals surface area contributed by atoms with Crippen molar-refractivity contribution in [1.82, 2.24) is 14.8 Å². The summed E-state index contributed by atoms with van der Waals surface area (Å²) < 4.78 is 1.93. The van der Waals surface area contributed by atoms with Gasteiger partial charge in [-0.25, -0.2) is 4.98 Å². The zero-order chi connectivity index (χ0) is 13.0. The van der Waals surface area contributed by atoms with E-state index in [4.69, 9.17) is 0 Å². The molecule has 0 spiro atoms. The Bertz CT molecular complexity index is 369. The number of nitrogens with zero attached hydrogens (tertiary/aromatic N) is 3. The Kier molecular flexibility index (Phi) is 4.38. The maximum absolute atomic E-state index is 10.6. The second-order valence-corrected chi connectivity index (χ2v) is 5.54. The lowest BCUT2D eigenvalue weighted by Crippen LogP contribution is -2.34. The highest BCUT2D eigenvalue weighted by atomic mass is 16.3. The Labute approximate surface area is 109 Å². The molecule has 1 saturated carbocycles. The van der Waals surface area contributed by atoms with Crippen LogP contribution in [0.15, 0.2) is 6.33 Å². The van der Waals surface area contributed by atoms with Crippen molar-refractivity contribution in [2.45, 2.75) is 71.4 Å². The molecule has 2 rings (SSSR count). The van der Waals surface area contributed by atoms with Crippen LogP contribution in [0.5, 0.6) is 0 Å². The summed E-state index contributed by atoms with van der Waals surface area (Å²) in [5.41, 5.74) is 0.128. The summed E-state index contributed by atoms with van der Waals surface area (Å²) >= 11 is 0. The normalized spacial score (nSPS) is 20.2. The lowest BCUT2D eigenvalue weighted by molar-refractivity contribution is 0.0235. The van der Waals surface area contributed by atoms with Crippen LogP contribution in [-0.2, 0) is 13.0 Å². The van der Waals surface area contributed by atoms with Gasteiger partial charge in [-0.3, -0.25) is 4.68 Å². The topological polar surface area (TPSA) is 50.9 Å². The average molecular weight is 251 g/mol. The van der Waals surface area contributed by atoms with E-state index >= 15 is 0 Å². The monoisotopic (exact) mass is 251 g/mol. The quantitative estimate of drug-likeness (QED) is 0.845. The fraction of sp³-hybridized carbons (Fsp3) is 0.857. The molecule has 1 heterocycles. The van der Waals surface area contributed by atoms with Gasteiger partial charge in [-0.15, -0.1) is 0 Å². The van der Waals surface area contributed by atoms with Crippen molar-refractivity contribution in [2.24, 2.45) is 5.41 Å². The molecule has 0 aliphatic heterocycles. The van der Waals surface area contributed by atoms with E-state index in [2.05, 4.69) is 23.9 Å². The third-order valence-electron chi connectivity index (χ3n) is 4.52. The van der Waals surface area contributed by atoms with Crippen LogP contribution in [0, 0.1) is 5.41 Å². The Balaban J connectivity index is 2.05. The average Bonchev–Trinajstić information content (AvgIpc) is 3.00. The van der Waals surface area contributed by atoms with Crippen molar-refractivity contribution in [2.75, 3.05) is 0 Å². The number of aliphatic hydroxyl groups is 1. The molecule has 0 radical (unpaired) electrons. The second-order valence-electron chi connectivity index (χ2n) is 5.54. The number of aryl methyl sites for hydroxylation is 1. The fourth-order valence-electron chi connectivity index (χ4n) is 3.24. The third-order valence-corrected chi connectivity index (χ3v) is 4.52. The first-order valence-corrected chi connectivity index (χ1v) is 7.26. The Morgan fingerprint density at radius 2 is 2.11 bits per heavy atom. The molecule has 0 bridgehead atoms. The standard InChI is InChI=1S/C14H25N3O/c1-3-9-17-13(15-11-16-17)10-12(18)14(4-2)7-5-6-8-14/h11-12,18H,3-10H2,1-2H3. The van der Waals surface area contributed by atoms with Crippen molar-refractivity contribution >= 4 is 0 Å². The zero-order valence-corrected chi connectivity index (χ0v) is 11.6. The highest BCUT2D eigenvalue weighted by Crippen LogP contribution is 2.44. The van der Waals surface area contributed by atoms with Gasteiger partial charge in [0.15, 0.2) is 0 Å². The van der Waals surface area contributed by atoms with Gasteiger partial charge in [0, 0.05) is 13.0 Å². The van der Waals surface area contributed by atoms with Crippen molar-refractivity contribution in [3.8, 4) is 0 Å². The second kappa shape index (κ2) is 5.83. The summed E-state index contributed by atoms with van der Waals surface area (Å²) in [6, 6.07) is 0. The molecular formula is C14H25N3O. The van der Waals surface area contributed by atoms with Crippen LogP contribution in [0.25, 0.3) is 0 Å². The molecular weight excluding hydrogens is 226 g/mol. The molecule has 1 aliphatic carbocycles. The number of aromatic nitrogens is 3. The predicted octanol–water partition coefficient (Wildman–Crippen LogP) is 2.56. The van der Waals surface area contributed by atoms with E-state index in [1.807, 2.05) is 4.68 Å². The minimum absolute atomic E-state index is 0.128. The molecule has 1 atom stereocenters. The van der Waals surface area contributed by atoms with E-state index in [1.54, 1.807) is 6.33 Å². The summed E-state index contributed by atoms with van der Waals surface area (Å²) in [6.45, 7) is 5.22. The third kappa shape index (κ3) is 2.58. The number of rotatable bonds is 6. The van der Waals surface area contributed by atoms with E-state index in [-0.39, 0.29) is 11.5 Å². The largest absolute Gasteiger partial charge is 0.392 e. The smallest absolute Gasteiger partial charge is 0.138 e. The molecule has 1 unspecified atom stereocenters. The van der Waals surface area contributed by atoms with E-state index in [9.17, 15) is 5.11 Å². The molecule has 4 nitrogen and oxygen atoms in total. The first-order valence-electron chi connectivity index (χ1n) is 7.26. The SMILES string of the molecule is CCCn1ncnc1CC(O)C1(CC)CCCC1. The van der Waals surface area contributed by atoms with Crippen LogP contribution in [0.1, 0.15) is 58.2 Å². The summed E-state index contributed by atoms with van der Waals surface area (Å²) in [7, 11) is 0. The Morgan fingerprint density at radius 1 is 1.39 bits per heavy atom.